The predicted molar refractivity (Wildman–Crippen MR) is 93.8 cm³/mol. The molecule has 10 heteroatoms. The van der Waals surface area contributed by atoms with E-state index in [0.29, 0.717) is 31.1 Å². The Morgan fingerprint density at radius 2 is 2.15 bits per heavy atom. The lowest BCUT2D eigenvalue weighted by atomic mass is 10.2. The molecule has 0 N–H and O–H groups in total. The van der Waals surface area contributed by atoms with Gasteiger partial charge < -0.3 is 9.64 Å². The van der Waals surface area contributed by atoms with Crippen molar-refractivity contribution in [2.75, 3.05) is 19.4 Å². The van der Waals surface area contributed by atoms with Crippen LogP contribution in [0, 0.1) is 0 Å². The van der Waals surface area contributed by atoms with Crippen LogP contribution in [0.25, 0.3) is 0 Å². The number of allylic oxidation sites excluding steroid dienone is 1. The zero-order valence-corrected chi connectivity index (χ0v) is 15.8. The number of alkyl halides is 1. The summed E-state index contributed by atoms with van der Waals surface area (Å²) in [5.41, 5.74) is -1.41. The molecule has 1 saturated carbocycles. The Morgan fingerprint density at radius 3 is 2.81 bits per heavy atom. The number of rotatable bonds is 3. The van der Waals surface area contributed by atoms with Gasteiger partial charge in [0.2, 0.25) is 0 Å². The molecule has 0 spiro atoms. The number of fused-ring (bicyclic) bond motifs is 1. The van der Waals surface area contributed by atoms with Crippen molar-refractivity contribution in [3.63, 3.8) is 0 Å². The standard InChI is InChI=1S/C17H21FN4O4S/c1-27(25,20-16(24)17(18)5-6-17)14-10-19-22-8-7-21(11-12(14)22)15(23)13-4-2-3-9-26-13/h4,10H,2-3,5-9,11H2,1H3. The van der Waals surface area contributed by atoms with E-state index in [9.17, 15) is 18.2 Å². The summed E-state index contributed by atoms with van der Waals surface area (Å²) in [7, 11) is -3.16. The smallest absolute Gasteiger partial charge is 0.291 e. The molecule has 1 aromatic rings. The van der Waals surface area contributed by atoms with E-state index in [4.69, 9.17) is 4.74 Å². The molecule has 0 aromatic carbocycles. The van der Waals surface area contributed by atoms with Crippen LogP contribution in [0.4, 0.5) is 4.39 Å². The number of hydrogen-bond acceptors (Lipinski definition) is 5. The molecule has 8 nitrogen and oxygen atoms in total. The van der Waals surface area contributed by atoms with Gasteiger partial charge in [-0.1, -0.05) is 0 Å². The van der Waals surface area contributed by atoms with Crippen molar-refractivity contribution in [3.05, 3.63) is 23.7 Å². The summed E-state index contributed by atoms with van der Waals surface area (Å²) >= 11 is 0. The summed E-state index contributed by atoms with van der Waals surface area (Å²) in [4.78, 5) is 26.5. The minimum absolute atomic E-state index is 0.119. The number of nitrogens with zero attached hydrogens (tertiary/aromatic N) is 4. The monoisotopic (exact) mass is 396 g/mol. The van der Waals surface area contributed by atoms with Gasteiger partial charge in [0.05, 0.1) is 46.2 Å². The third-order valence-electron chi connectivity index (χ3n) is 5.00. The highest BCUT2D eigenvalue weighted by molar-refractivity contribution is 7.93. The van der Waals surface area contributed by atoms with Gasteiger partial charge in [0.15, 0.2) is 11.4 Å². The Hall–Kier alpha value is -2.23. The number of ether oxygens (including phenoxy) is 1. The number of halogens is 1. The maximum atomic E-state index is 13.9. The van der Waals surface area contributed by atoms with Gasteiger partial charge in [-0.25, -0.2) is 8.60 Å². The Kier molecular flexibility index (Phi) is 4.32. The van der Waals surface area contributed by atoms with Gasteiger partial charge in [-0.2, -0.15) is 9.46 Å². The number of amides is 2. The first-order valence-electron chi connectivity index (χ1n) is 8.93. The minimum atomic E-state index is -3.16. The highest BCUT2D eigenvalue weighted by Gasteiger charge is 2.51. The van der Waals surface area contributed by atoms with E-state index in [0.717, 1.165) is 12.8 Å². The first-order chi connectivity index (χ1) is 12.8. The van der Waals surface area contributed by atoms with Crippen LogP contribution in [0.1, 0.15) is 31.4 Å². The van der Waals surface area contributed by atoms with E-state index >= 15 is 0 Å². The Balaban J connectivity index is 1.61. The SMILES string of the molecule is CS(=O)(=NC(=O)C1(F)CC1)c1cnn2c1CN(C(=O)C1=CCCCO1)CC2. The van der Waals surface area contributed by atoms with Crippen LogP contribution in [0.2, 0.25) is 0 Å². The molecule has 2 aliphatic heterocycles. The molecular formula is C17H21FN4O4S. The van der Waals surface area contributed by atoms with Gasteiger partial charge in [-0.3, -0.25) is 14.3 Å². The van der Waals surface area contributed by atoms with E-state index in [1.165, 1.54) is 12.5 Å². The maximum absolute atomic E-state index is 13.9. The average molecular weight is 396 g/mol. The van der Waals surface area contributed by atoms with Gasteiger partial charge in [0, 0.05) is 12.8 Å². The summed E-state index contributed by atoms with van der Waals surface area (Å²) in [6.45, 7) is 1.58. The second-order valence-corrected chi connectivity index (χ2v) is 9.36. The molecule has 146 valence electrons. The van der Waals surface area contributed by atoms with E-state index in [2.05, 4.69) is 9.46 Å². The average Bonchev–Trinajstić information content (AvgIpc) is 3.26. The van der Waals surface area contributed by atoms with Gasteiger partial charge in [-0.05, 0) is 31.8 Å². The number of carbonyl (C=O) groups excluding carboxylic acids is 2. The molecule has 1 atom stereocenters. The van der Waals surface area contributed by atoms with Gasteiger partial charge in [0.1, 0.15) is 0 Å². The van der Waals surface area contributed by atoms with Crippen molar-refractivity contribution in [3.8, 4) is 0 Å². The molecular weight excluding hydrogens is 375 g/mol. The Morgan fingerprint density at radius 1 is 1.37 bits per heavy atom. The molecule has 3 aliphatic rings. The van der Waals surface area contributed by atoms with Crippen LogP contribution < -0.4 is 0 Å². The molecule has 1 fully saturated rings. The molecule has 3 heterocycles. The van der Waals surface area contributed by atoms with Crippen molar-refractivity contribution >= 4 is 21.5 Å². The first kappa shape index (κ1) is 18.1. The van der Waals surface area contributed by atoms with Crippen LogP contribution in [0.3, 0.4) is 0 Å². The van der Waals surface area contributed by atoms with Crippen molar-refractivity contribution < 1.29 is 22.9 Å². The van der Waals surface area contributed by atoms with Crippen LogP contribution in [0.5, 0.6) is 0 Å². The summed E-state index contributed by atoms with van der Waals surface area (Å²) < 4.78 is 37.7. The first-order valence-corrected chi connectivity index (χ1v) is 10.8. The van der Waals surface area contributed by atoms with Gasteiger partial charge in [0.25, 0.3) is 11.8 Å². The quantitative estimate of drug-likeness (QED) is 0.770. The largest absolute Gasteiger partial charge is 0.488 e. The molecule has 0 radical (unpaired) electrons. The van der Waals surface area contributed by atoms with E-state index in [1.807, 2.05) is 0 Å². The third kappa shape index (κ3) is 3.38. The molecule has 1 unspecified atom stereocenters. The second kappa shape index (κ2) is 6.43. The maximum Gasteiger partial charge on any atom is 0.291 e. The lowest BCUT2D eigenvalue weighted by molar-refractivity contribution is -0.132. The van der Waals surface area contributed by atoms with Crippen molar-refractivity contribution in [2.24, 2.45) is 4.36 Å². The van der Waals surface area contributed by atoms with Crippen LogP contribution >= 0.6 is 0 Å². The van der Waals surface area contributed by atoms with Gasteiger partial charge >= 0.3 is 0 Å². The van der Waals surface area contributed by atoms with Crippen molar-refractivity contribution in [1.29, 1.82) is 0 Å². The fourth-order valence-corrected chi connectivity index (χ4v) is 4.61. The van der Waals surface area contributed by atoms with Crippen LogP contribution in [-0.2, 0) is 37.1 Å². The fraction of sp³-hybridized carbons (Fsp3) is 0.588. The molecule has 2 amide bonds. The molecule has 4 rings (SSSR count). The van der Waals surface area contributed by atoms with Crippen LogP contribution in [0.15, 0.2) is 27.3 Å². The molecule has 0 bridgehead atoms. The lowest BCUT2D eigenvalue weighted by Crippen LogP contribution is -2.40. The van der Waals surface area contributed by atoms with E-state index in [-0.39, 0.29) is 30.2 Å². The molecule has 0 saturated heterocycles. The second-order valence-electron chi connectivity index (χ2n) is 7.13. The van der Waals surface area contributed by atoms with Crippen molar-refractivity contribution in [2.45, 2.75) is 49.3 Å². The highest BCUT2D eigenvalue weighted by Crippen LogP contribution is 2.41. The Bertz CT molecular complexity index is 956. The topological polar surface area (TPSA) is 93.9 Å². The Labute approximate surface area is 156 Å². The van der Waals surface area contributed by atoms with Crippen LogP contribution in [-0.4, -0.2) is 55.8 Å². The summed E-state index contributed by atoms with van der Waals surface area (Å²) in [5, 5.41) is 4.20. The number of carbonyl (C=O) groups is 2. The van der Waals surface area contributed by atoms with Gasteiger partial charge in [-0.15, -0.1) is 0 Å². The third-order valence-corrected chi connectivity index (χ3v) is 6.68. The predicted octanol–water partition coefficient (Wildman–Crippen LogP) is 1.40. The normalized spacial score (nSPS) is 22.7. The van der Waals surface area contributed by atoms with E-state index < -0.39 is 21.3 Å². The highest BCUT2D eigenvalue weighted by atomic mass is 32.2. The van der Waals surface area contributed by atoms with Crippen molar-refractivity contribution in [1.82, 2.24) is 14.7 Å². The van der Waals surface area contributed by atoms with E-state index in [1.54, 1.807) is 15.7 Å². The number of aromatic nitrogens is 2. The molecule has 1 aliphatic carbocycles. The lowest BCUT2D eigenvalue weighted by Gasteiger charge is -2.29. The zero-order chi connectivity index (χ0) is 19.2. The summed E-state index contributed by atoms with van der Waals surface area (Å²) in [6, 6.07) is 0. The zero-order valence-electron chi connectivity index (χ0n) is 15.0. The molecule has 27 heavy (non-hydrogen) atoms. The minimum Gasteiger partial charge on any atom is -0.488 e. The number of hydrogen-bond donors (Lipinski definition) is 0. The summed E-state index contributed by atoms with van der Waals surface area (Å²) in [6.07, 6.45) is 6.41. The fourth-order valence-electron chi connectivity index (χ4n) is 3.19. The summed E-state index contributed by atoms with van der Waals surface area (Å²) in [5.74, 6) is -0.857. The molecule has 1 aromatic heterocycles.